The van der Waals surface area contributed by atoms with E-state index in [4.69, 9.17) is 8.94 Å². The minimum Gasteiger partial charge on any atom is -0.461 e. The standard InChI is InChI=1S/C22H19N5O4/c28-27(29)19-15-16(22-23-21(24-31-22)20-7-4-14-30-20)8-9-18(19)26-12-10-25(11-13-26)17-5-2-1-3-6-17/h1-9,14-15H,10-13H2. The Morgan fingerprint density at radius 3 is 2.42 bits per heavy atom. The van der Waals surface area contributed by atoms with Gasteiger partial charge in [0.1, 0.15) is 5.69 Å². The molecule has 0 aliphatic carbocycles. The number of hydrogen-bond donors (Lipinski definition) is 0. The Hall–Kier alpha value is -4.14. The lowest BCUT2D eigenvalue weighted by Crippen LogP contribution is -2.46. The highest BCUT2D eigenvalue weighted by Crippen LogP contribution is 2.34. The number of nitrogens with zero attached hydrogens (tertiary/aromatic N) is 5. The molecule has 0 bridgehead atoms. The molecule has 1 aliphatic heterocycles. The lowest BCUT2D eigenvalue weighted by atomic mass is 10.1. The normalized spacial score (nSPS) is 14.1. The van der Waals surface area contributed by atoms with Gasteiger partial charge < -0.3 is 18.7 Å². The molecule has 5 rings (SSSR count). The van der Waals surface area contributed by atoms with Crippen molar-refractivity contribution in [2.75, 3.05) is 36.0 Å². The highest BCUT2D eigenvalue weighted by Gasteiger charge is 2.25. The molecule has 2 aromatic carbocycles. The molecule has 1 saturated heterocycles. The highest BCUT2D eigenvalue weighted by atomic mass is 16.6. The monoisotopic (exact) mass is 417 g/mol. The molecular formula is C22H19N5O4. The number of aromatic nitrogens is 2. The molecule has 0 atom stereocenters. The van der Waals surface area contributed by atoms with Crippen molar-refractivity contribution in [1.82, 2.24) is 10.1 Å². The topological polar surface area (TPSA) is 102 Å². The first-order valence-corrected chi connectivity index (χ1v) is 9.90. The third-order valence-corrected chi connectivity index (χ3v) is 5.33. The summed E-state index contributed by atoms with van der Waals surface area (Å²) in [5, 5.41) is 15.7. The highest BCUT2D eigenvalue weighted by molar-refractivity contribution is 5.71. The zero-order chi connectivity index (χ0) is 21.2. The first kappa shape index (κ1) is 18.9. The van der Waals surface area contributed by atoms with Gasteiger partial charge in [-0.15, -0.1) is 0 Å². The van der Waals surface area contributed by atoms with Crippen LogP contribution in [0.15, 0.2) is 75.9 Å². The molecule has 31 heavy (non-hydrogen) atoms. The summed E-state index contributed by atoms with van der Waals surface area (Å²) >= 11 is 0. The van der Waals surface area contributed by atoms with Gasteiger partial charge in [-0.2, -0.15) is 4.98 Å². The predicted molar refractivity (Wildman–Crippen MR) is 115 cm³/mol. The van der Waals surface area contributed by atoms with Gasteiger partial charge in [-0.25, -0.2) is 0 Å². The number of piperazine rings is 1. The van der Waals surface area contributed by atoms with Gasteiger partial charge in [-0.3, -0.25) is 10.1 Å². The minimum absolute atomic E-state index is 0.0170. The third-order valence-electron chi connectivity index (χ3n) is 5.33. The molecule has 9 nitrogen and oxygen atoms in total. The van der Waals surface area contributed by atoms with Gasteiger partial charge in [0.05, 0.1) is 11.2 Å². The van der Waals surface area contributed by atoms with Crippen molar-refractivity contribution in [3.8, 4) is 23.0 Å². The van der Waals surface area contributed by atoms with Crippen LogP contribution in [0.4, 0.5) is 17.1 Å². The molecule has 2 aromatic heterocycles. The van der Waals surface area contributed by atoms with Crippen LogP contribution in [-0.4, -0.2) is 41.2 Å². The summed E-state index contributed by atoms with van der Waals surface area (Å²) in [6, 6.07) is 18.6. The predicted octanol–water partition coefficient (Wildman–Crippen LogP) is 4.23. The Labute approximate surface area is 177 Å². The van der Waals surface area contributed by atoms with Gasteiger partial charge in [0.25, 0.3) is 11.6 Å². The van der Waals surface area contributed by atoms with Gasteiger partial charge in [-0.05, 0) is 36.4 Å². The maximum absolute atomic E-state index is 11.8. The fraction of sp³-hybridized carbons (Fsp3) is 0.182. The summed E-state index contributed by atoms with van der Waals surface area (Å²) in [7, 11) is 0. The van der Waals surface area contributed by atoms with Crippen LogP contribution in [0, 0.1) is 10.1 Å². The molecule has 1 aliphatic rings. The number of rotatable bonds is 5. The summed E-state index contributed by atoms with van der Waals surface area (Å²) in [5.74, 6) is 0.969. The van der Waals surface area contributed by atoms with E-state index in [0.717, 1.165) is 18.8 Å². The Morgan fingerprint density at radius 1 is 0.935 bits per heavy atom. The summed E-state index contributed by atoms with van der Waals surface area (Å²) in [5.41, 5.74) is 2.26. The van der Waals surface area contributed by atoms with E-state index < -0.39 is 0 Å². The summed E-state index contributed by atoms with van der Waals surface area (Å²) in [6.07, 6.45) is 1.52. The van der Waals surface area contributed by atoms with Gasteiger partial charge in [-0.1, -0.05) is 23.4 Å². The molecule has 0 amide bonds. The smallest absolute Gasteiger partial charge is 0.293 e. The number of benzene rings is 2. The van der Waals surface area contributed by atoms with Crippen LogP contribution in [0.2, 0.25) is 0 Å². The molecule has 9 heteroatoms. The minimum atomic E-state index is -0.369. The molecule has 4 aromatic rings. The molecule has 1 fully saturated rings. The van der Waals surface area contributed by atoms with Crippen molar-refractivity contribution < 1.29 is 13.9 Å². The fourth-order valence-corrected chi connectivity index (χ4v) is 3.76. The van der Waals surface area contributed by atoms with Gasteiger partial charge in [0.15, 0.2) is 5.76 Å². The lowest BCUT2D eigenvalue weighted by molar-refractivity contribution is -0.384. The number of nitro groups is 1. The van der Waals surface area contributed by atoms with Crippen LogP contribution < -0.4 is 9.80 Å². The van der Waals surface area contributed by atoms with E-state index in [2.05, 4.69) is 27.2 Å². The van der Waals surface area contributed by atoms with Gasteiger partial charge >= 0.3 is 0 Å². The molecule has 0 unspecified atom stereocenters. The van der Waals surface area contributed by atoms with Crippen molar-refractivity contribution in [2.24, 2.45) is 0 Å². The largest absolute Gasteiger partial charge is 0.461 e. The first-order chi connectivity index (χ1) is 15.2. The quantitative estimate of drug-likeness (QED) is 0.351. The van der Waals surface area contributed by atoms with Crippen molar-refractivity contribution >= 4 is 17.1 Å². The number of nitro benzene ring substituents is 1. The second kappa shape index (κ2) is 7.94. The Bertz CT molecular complexity index is 1180. The second-order valence-corrected chi connectivity index (χ2v) is 7.17. The van der Waals surface area contributed by atoms with Crippen molar-refractivity contribution in [2.45, 2.75) is 0 Å². The average Bonchev–Trinajstić information content (AvgIpc) is 3.52. The van der Waals surface area contributed by atoms with E-state index in [1.165, 1.54) is 12.3 Å². The number of para-hydroxylation sites is 1. The molecule has 0 radical (unpaired) electrons. The van der Waals surface area contributed by atoms with Crippen LogP contribution in [0.1, 0.15) is 0 Å². The van der Waals surface area contributed by atoms with E-state index >= 15 is 0 Å². The SMILES string of the molecule is O=[N+]([O-])c1cc(-c2nc(-c3ccco3)no2)ccc1N1CCN(c2ccccc2)CC1. The van der Waals surface area contributed by atoms with Crippen LogP contribution >= 0.6 is 0 Å². The second-order valence-electron chi connectivity index (χ2n) is 7.17. The van der Waals surface area contributed by atoms with Crippen molar-refractivity contribution in [3.63, 3.8) is 0 Å². The molecule has 0 N–H and O–H groups in total. The molecule has 0 saturated carbocycles. The molecule has 3 heterocycles. The molecule has 0 spiro atoms. The zero-order valence-corrected chi connectivity index (χ0v) is 16.5. The Kier molecular flexibility index (Phi) is 4.83. The van der Waals surface area contributed by atoms with E-state index in [0.29, 0.717) is 35.9 Å². The Balaban J connectivity index is 1.37. The number of anilines is 2. The summed E-state index contributed by atoms with van der Waals surface area (Å²) < 4.78 is 10.6. The van der Waals surface area contributed by atoms with Crippen molar-refractivity contribution in [1.29, 1.82) is 0 Å². The maximum Gasteiger partial charge on any atom is 0.293 e. The fourth-order valence-electron chi connectivity index (χ4n) is 3.76. The summed E-state index contributed by atoms with van der Waals surface area (Å²) in [4.78, 5) is 20.1. The zero-order valence-electron chi connectivity index (χ0n) is 16.5. The van der Waals surface area contributed by atoms with Gasteiger partial charge in [0, 0.05) is 43.5 Å². The van der Waals surface area contributed by atoms with Crippen LogP contribution in [-0.2, 0) is 0 Å². The third kappa shape index (κ3) is 3.73. The lowest BCUT2D eigenvalue weighted by Gasteiger charge is -2.37. The molecular weight excluding hydrogens is 398 g/mol. The Morgan fingerprint density at radius 2 is 1.71 bits per heavy atom. The maximum atomic E-state index is 11.8. The van der Waals surface area contributed by atoms with E-state index in [1.54, 1.807) is 24.3 Å². The van der Waals surface area contributed by atoms with E-state index in [-0.39, 0.29) is 16.5 Å². The molecule has 156 valence electrons. The summed E-state index contributed by atoms with van der Waals surface area (Å²) in [6.45, 7) is 2.97. The average molecular weight is 417 g/mol. The van der Waals surface area contributed by atoms with Gasteiger partial charge in [0.2, 0.25) is 5.82 Å². The van der Waals surface area contributed by atoms with E-state index in [9.17, 15) is 10.1 Å². The van der Waals surface area contributed by atoms with Crippen LogP contribution in [0.3, 0.4) is 0 Å². The van der Waals surface area contributed by atoms with Crippen LogP contribution in [0.5, 0.6) is 0 Å². The van der Waals surface area contributed by atoms with Crippen LogP contribution in [0.25, 0.3) is 23.0 Å². The number of hydrogen-bond acceptors (Lipinski definition) is 8. The number of furan rings is 1. The first-order valence-electron chi connectivity index (χ1n) is 9.90. The van der Waals surface area contributed by atoms with E-state index in [1.807, 2.05) is 23.1 Å². The van der Waals surface area contributed by atoms with Crippen molar-refractivity contribution in [3.05, 3.63) is 77.0 Å².